The lowest BCUT2D eigenvalue weighted by Crippen LogP contribution is -2.22. The summed E-state index contributed by atoms with van der Waals surface area (Å²) in [6.45, 7) is 2.00. The maximum absolute atomic E-state index is 13.9. The van der Waals surface area contributed by atoms with E-state index in [0.29, 0.717) is 12.0 Å². The molecule has 6 heteroatoms. The Hall–Kier alpha value is -0.980. The molecule has 1 atom stereocenters. The molecule has 1 aromatic carbocycles. The number of rotatable bonds is 5. The van der Waals surface area contributed by atoms with E-state index < -0.39 is 0 Å². The summed E-state index contributed by atoms with van der Waals surface area (Å²) in [7, 11) is 0. The predicted molar refractivity (Wildman–Crippen MR) is 72.4 cm³/mol. The summed E-state index contributed by atoms with van der Waals surface area (Å²) in [5.41, 5.74) is 6.59. The number of nitrogens with two attached hydrogens (primary N) is 1. The smallest absolute Gasteiger partial charge is 0.174 e. The van der Waals surface area contributed by atoms with Crippen LogP contribution in [0.1, 0.15) is 18.9 Å². The molecule has 0 aliphatic carbocycles. The summed E-state index contributed by atoms with van der Waals surface area (Å²) >= 11 is 2.74. The van der Waals surface area contributed by atoms with Gasteiger partial charge in [-0.15, -0.1) is 0 Å². The van der Waals surface area contributed by atoms with Gasteiger partial charge in [-0.25, -0.2) is 9.37 Å². The van der Waals surface area contributed by atoms with Gasteiger partial charge in [0, 0.05) is 16.5 Å². The average molecular weight is 283 g/mol. The first kappa shape index (κ1) is 13.5. The molecular formula is C12H14FN3S2. The van der Waals surface area contributed by atoms with E-state index in [1.165, 1.54) is 35.7 Å². The van der Waals surface area contributed by atoms with E-state index >= 15 is 0 Å². The largest absolute Gasteiger partial charge is 0.327 e. The van der Waals surface area contributed by atoms with E-state index in [-0.39, 0.29) is 11.9 Å². The fourth-order valence-corrected chi connectivity index (χ4v) is 3.11. The second kappa shape index (κ2) is 6.26. The quantitative estimate of drug-likeness (QED) is 0.916. The highest BCUT2D eigenvalue weighted by Gasteiger charge is 2.13. The molecule has 2 N–H and O–H groups in total. The highest BCUT2D eigenvalue weighted by molar-refractivity contribution is 8.01. The molecule has 96 valence electrons. The van der Waals surface area contributed by atoms with Gasteiger partial charge in [0.2, 0.25) is 0 Å². The molecule has 0 saturated carbocycles. The molecule has 0 aliphatic heterocycles. The van der Waals surface area contributed by atoms with Crippen molar-refractivity contribution in [2.24, 2.45) is 5.73 Å². The predicted octanol–water partition coefficient (Wildman–Crippen LogP) is 3.11. The van der Waals surface area contributed by atoms with Gasteiger partial charge in [-0.05, 0) is 36.5 Å². The Kier molecular flexibility index (Phi) is 4.68. The van der Waals surface area contributed by atoms with Crippen LogP contribution in [0.15, 0.2) is 33.8 Å². The Morgan fingerprint density at radius 1 is 1.50 bits per heavy atom. The Balaban J connectivity index is 2.26. The van der Waals surface area contributed by atoms with Crippen molar-refractivity contribution in [3.8, 4) is 0 Å². The van der Waals surface area contributed by atoms with Crippen molar-refractivity contribution < 1.29 is 4.39 Å². The Morgan fingerprint density at radius 3 is 3.00 bits per heavy atom. The summed E-state index contributed by atoms with van der Waals surface area (Å²) < 4.78 is 18.6. The van der Waals surface area contributed by atoms with Crippen molar-refractivity contribution >= 4 is 23.3 Å². The van der Waals surface area contributed by atoms with Gasteiger partial charge in [-0.1, -0.05) is 24.8 Å². The molecule has 0 amide bonds. The molecule has 2 rings (SSSR count). The van der Waals surface area contributed by atoms with Gasteiger partial charge in [-0.2, -0.15) is 4.37 Å². The van der Waals surface area contributed by atoms with Crippen LogP contribution in [0.5, 0.6) is 0 Å². The van der Waals surface area contributed by atoms with Crippen LogP contribution in [0, 0.1) is 5.82 Å². The number of hydrogen-bond donors (Lipinski definition) is 1. The molecule has 0 radical (unpaired) electrons. The van der Waals surface area contributed by atoms with Crippen LogP contribution in [0.25, 0.3) is 0 Å². The van der Waals surface area contributed by atoms with Crippen LogP contribution < -0.4 is 5.73 Å². The molecule has 0 aliphatic rings. The highest BCUT2D eigenvalue weighted by Crippen LogP contribution is 2.32. The molecule has 2 aromatic rings. The third-order valence-corrected chi connectivity index (χ3v) is 4.42. The van der Waals surface area contributed by atoms with Crippen molar-refractivity contribution in [1.82, 2.24) is 9.36 Å². The summed E-state index contributed by atoms with van der Waals surface area (Å²) in [4.78, 5) is 4.97. The van der Waals surface area contributed by atoms with Gasteiger partial charge in [0.25, 0.3) is 0 Å². The lowest BCUT2D eigenvalue weighted by atomic mass is 10.0. The number of nitrogens with zero attached hydrogens (tertiary/aromatic N) is 2. The topological polar surface area (TPSA) is 51.8 Å². The average Bonchev–Trinajstić information content (AvgIpc) is 2.86. The molecule has 1 unspecified atom stereocenters. The maximum atomic E-state index is 13.9. The molecule has 18 heavy (non-hydrogen) atoms. The Labute approximate surface area is 114 Å². The van der Waals surface area contributed by atoms with Gasteiger partial charge in [0.15, 0.2) is 4.34 Å². The third kappa shape index (κ3) is 3.28. The second-order valence-electron chi connectivity index (χ2n) is 3.90. The van der Waals surface area contributed by atoms with Crippen molar-refractivity contribution in [3.05, 3.63) is 35.9 Å². The fraction of sp³-hybridized carbons (Fsp3) is 0.333. The molecule has 1 aromatic heterocycles. The first-order valence-corrected chi connectivity index (χ1v) is 7.27. The summed E-state index contributed by atoms with van der Waals surface area (Å²) in [5.74, 6) is -0.201. The van der Waals surface area contributed by atoms with Crippen LogP contribution in [-0.4, -0.2) is 15.4 Å². The van der Waals surface area contributed by atoms with Gasteiger partial charge < -0.3 is 5.73 Å². The first-order valence-electron chi connectivity index (χ1n) is 5.68. The lowest BCUT2D eigenvalue weighted by Gasteiger charge is -2.13. The molecule has 0 bridgehead atoms. The van der Waals surface area contributed by atoms with Crippen molar-refractivity contribution in [3.63, 3.8) is 0 Å². The van der Waals surface area contributed by atoms with Crippen LogP contribution in [0.4, 0.5) is 4.39 Å². The number of benzene rings is 1. The van der Waals surface area contributed by atoms with Crippen LogP contribution in [-0.2, 0) is 6.42 Å². The van der Waals surface area contributed by atoms with Gasteiger partial charge >= 0.3 is 0 Å². The zero-order chi connectivity index (χ0) is 13.0. The zero-order valence-electron chi connectivity index (χ0n) is 9.97. The summed E-state index contributed by atoms with van der Waals surface area (Å²) in [5, 5.41) is 0. The Morgan fingerprint density at radius 2 is 2.33 bits per heavy atom. The highest BCUT2D eigenvalue weighted by atomic mass is 32.2. The van der Waals surface area contributed by atoms with E-state index in [1.807, 2.05) is 13.0 Å². The van der Waals surface area contributed by atoms with Crippen molar-refractivity contribution in [1.29, 1.82) is 0 Å². The van der Waals surface area contributed by atoms with E-state index in [0.717, 1.165) is 15.7 Å². The molecule has 0 saturated heterocycles. The third-order valence-electron chi connectivity index (χ3n) is 2.60. The van der Waals surface area contributed by atoms with Gasteiger partial charge in [0.05, 0.1) is 0 Å². The van der Waals surface area contributed by atoms with Gasteiger partial charge in [0.1, 0.15) is 12.1 Å². The van der Waals surface area contributed by atoms with E-state index in [1.54, 1.807) is 6.07 Å². The standard InChI is InChI=1S/C12H14FN3S2/c1-2-8(14)6-9-10(13)4-3-5-11(9)17-12-15-7-16-18-12/h3-5,7-8H,2,6,14H2,1H3. The van der Waals surface area contributed by atoms with Crippen LogP contribution in [0.2, 0.25) is 0 Å². The minimum Gasteiger partial charge on any atom is -0.327 e. The Bertz CT molecular complexity index is 502. The number of aromatic nitrogens is 2. The van der Waals surface area contributed by atoms with Crippen LogP contribution in [0.3, 0.4) is 0 Å². The number of hydrogen-bond acceptors (Lipinski definition) is 5. The van der Waals surface area contributed by atoms with Crippen molar-refractivity contribution in [2.75, 3.05) is 0 Å². The number of halogens is 1. The van der Waals surface area contributed by atoms with Crippen LogP contribution >= 0.6 is 23.3 Å². The minimum absolute atomic E-state index is 0.0179. The summed E-state index contributed by atoms with van der Waals surface area (Å²) in [6.07, 6.45) is 2.88. The molecule has 1 heterocycles. The lowest BCUT2D eigenvalue weighted by molar-refractivity contribution is 0.571. The molecule has 3 nitrogen and oxygen atoms in total. The molecule has 0 spiro atoms. The van der Waals surface area contributed by atoms with E-state index in [4.69, 9.17) is 5.73 Å². The second-order valence-corrected chi connectivity index (χ2v) is 5.97. The summed E-state index contributed by atoms with van der Waals surface area (Å²) in [6, 6.07) is 5.06. The molecular weight excluding hydrogens is 269 g/mol. The van der Waals surface area contributed by atoms with E-state index in [9.17, 15) is 4.39 Å². The van der Waals surface area contributed by atoms with Gasteiger partial charge in [-0.3, -0.25) is 0 Å². The maximum Gasteiger partial charge on any atom is 0.174 e. The van der Waals surface area contributed by atoms with Crippen molar-refractivity contribution in [2.45, 2.75) is 35.0 Å². The monoisotopic (exact) mass is 283 g/mol. The first-order chi connectivity index (χ1) is 8.70. The van der Waals surface area contributed by atoms with E-state index in [2.05, 4.69) is 9.36 Å². The zero-order valence-corrected chi connectivity index (χ0v) is 11.6. The fourth-order valence-electron chi connectivity index (χ4n) is 1.54. The minimum atomic E-state index is -0.201. The SMILES string of the molecule is CCC(N)Cc1c(F)cccc1Sc1ncns1. The molecule has 0 fully saturated rings. The normalized spacial score (nSPS) is 12.6.